The summed E-state index contributed by atoms with van der Waals surface area (Å²) in [6, 6.07) is 16.2. The van der Waals surface area contributed by atoms with Crippen molar-refractivity contribution in [3.05, 3.63) is 71.3 Å². The highest BCUT2D eigenvalue weighted by molar-refractivity contribution is 5.95. The number of halogens is 3. The van der Waals surface area contributed by atoms with Gasteiger partial charge in [-0.05, 0) is 82.8 Å². The summed E-state index contributed by atoms with van der Waals surface area (Å²) in [5, 5.41) is 9.94. The topological polar surface area (TPSA) is 43.8 Å². The number of carbonyl (C=O) groups excluding carboxylic acids is 1. The van der Waals surface area contributed by atoms with Gasteiger partial charge in [-0.3, -0.25) is 4.79 Å². The lowest BCUT2D eigenvalue weighted by molar-refractivity contribution is -0.258. The van der Waals surface area contributed by atoms with Crippen LogP contribution in [0.4, 0.5) is 13.2 Å². The molecule has 0 heterocycles. The van der Waals surface area contributed by atoms with Crippen molar-refractivity contribution in [1.82, 2.24) is 9.80 Å². The zero-order valence-corrected chi connectivity index (χ0v) is 20.7. The normalized spacial score (nSPS) is 24.7. The second kappa shape index (κ2) is 9.58. The first-order chi connectivity index (χ1) is 16.4. The van der Waals surface area contributed by atoms with E-state index < -0.39 is 11.8 Å². The molecule has 2 aromatic carbocycles. The number of nitrogens with zero attached hydrogens (tertiary/aromatic N) is 2. The summed E-state index contributed by atoms with van der Waals surface area (Å²) in [6.07, 6.45) is 0.874. The molecule has 1 atom stereocenters. The highest BCUT2D eigenvalue weighted by Crippen LogP contribution is 2.44. The fourth-order valence-electron chi connectivity index (χ4n) is 5.60. The lowest BCUT2D eigenvalue weighted by Crippen LogP contribution is -2.49. The number of benzene rings is 2. The molecule has 7 heteroatoms. The molecule has 190 valence electrons. The van der Waals surface area contributed by atoms with Crippen LogP contribution in [0.15, 0.2) is 54.6 Å². The zero-order chi connectivity index (χ0) is 25.4. The van der Waals surface area contributed by atoms with E-state index in [0.29, 0.717) is 5.56 Å². The molecule has 0 bridgehead atoms. The van der Waals surface area contributed by atoms with Gasteiger partial charge in [0.2, 0.25) is 0 Å². The largest absolute Gasteiger partial charge is 0.421 e. The van der Waals surface area contributed by atoms with Crippen LogP contribution in [-0.2, 0) is 11.0 Å². The number of hydrogen-bond acceptors (Lipinski definition) is 3. The Kier molecular flexibility index (Phi) is 7.04. The van der Waals surface area contributed by atoms with E-state index in [1.165, 1.54) is 29.8 Å². The summed E-state index contributed by atoms with van der Waals surface area (Å²) in [5.74, 6) is -0.129. The van der Waals surface area contributed by atoms with E-state index in [1.54, 1.807) is 0 Å². The fourth-order valence-corrected chi connectivity index (χ4v) is 5.60. The van der Waals surface area contributed by atoms with Crippen LogP contribution >= 0.6 is 0 Å². The van der Waals surface area contributed by atoms with E-state index in [0.717, 1.165) is 52.0 Å². The van der Waals surface area contributed by atoms with Crippen LogP contribution in [0.25, 0.3) is 0 Å². The van der Waals surface area contributed by atoms with Gasteiger partial charge in [0, 0.05) is 29.6 Å². The van der Waals surface area contributed by atoms with Gasteiger partial charge in [-0.2, -0.15) is 13.2 Å². The van der Waals surface area contributed by atoms with Gasteiger partial charge >= 0.3 is 6.18 Å². The first kappa shape index (κ1) is 25.7. The number of carbonyl (C=O) groups is 1. The molecule has 0 saturated heterocycles. The maximum Gasteiger partial charge on any atom is 0.421 e. The average molecular weight is 489 g/mol. The first-order valence-electron chi connectivity index (χ1n) is 12.4. The molecule has 2 fully saturated rings. The quantitative estimate of drug-likeness (QED) is 0.560. The van der Waals surface area contributed by atoms with Crippen LogP contribution in [0.2, 0.25) is 0 Å². The number of rotatable bonds is 7. The van der Waals surface area contributed by atoms with Gasteiger partial charge in [-0.1, -0.05) is 42.5 Å². The second-order valence-corrected chi connectivity index (χ2v) is 10.7. The molecular weight excluding hydrogens is 453 g/mol. The molecule has 4 nitrogen and oxygen atoms in total. The molecule has 2 saturated carbocycles. The SMILES string of the molecule is CN(C)CC1(c2ccccc2)CCC(N(C(=O)c2ccc([C@](C)(O)C(F)(F)F)cc2)C2CC2)CC1. The fraction of sp³-hybridized carbons (Fsp3) is 0.536. The van der Waals surface area contributed by atoms with Crippen molar-refractivity contribution in [3.63, 3.8) is 0 Å². The minimum absolute atomic E-state index is 0.0460. The standard InChI is InChI=1S/C28H35F3N2O2/c1-26(35,28(29,30)31)21-11-9-20(10-12-21)25(34)33(23-13-14-23)24-15-17-27(18-16-24,19-32(2)3)22-7-5-4-6-8-22/h4-12,23-24,35H,13-19H2,1-3H3/t24?,26-,27?/m0/s1. The van der Waals surface area contributed by atoms with Crippen molar-refractivity contribution < 1.29 is 23.1 Å². The maximum absolute atomic E-state index is 13.5. The number of hydrogen-bond donors (Lipinski definition) is 1. The smallest absolute Gasteiger partial charge is 0.376 e. The average Bonchev–Trinajstić information content (AvgIpc) is 3.65. The van der Waals surface area contributed by atoms with E-state index in [2.05, 4.69) is 43.3 Å². The number of alkyl halides is 3. The van der Waals surface area contributed by atoms with Crippen LogP contribution < -0.4 is 0 Å². The Bertz CT molecular complexity index is 1010. The lowest BCUT2D eigenvalue weighted by Gasteiger charge is -2.45. The highest BCUT2D eigenvalue weighted by Gasteiger charge is 2.51. The molecule has 2 aromatic rings. The number of amides is 1. The molecule has 0 aliphatic heterocycles. The molecule has 4 rings (SSSR count). The van der Waals surface area contributed by atoms with Gasteiger partial charge in [-0.15, -0.1) is 0 Å². The number of aliphatic hydroxyl groups is 1. The molecule has 35 heavy (non-hydrogen) atoms. The molecule has 0 aromatic heterocycles. The van der Waals surface area contributed by atoms with Crippen LogP contribution in [-0.4, -0.2) is 59.7 Å². The van der Waals surface area contributed by atoms with Gasteiger partial charge < -0.3 is 14.9 Å². The Morgan fingerprint density at radius 2 is 1.49 bits per heavy atom. The van der Waals surface area contributed by atoms with Gasteiger partial charge in [0.25, 0.3) is 5.91 Å². The van der Waals surface area contributed by atoms with Gasteiger partial charge in [0.1, 0.15) is 0 Å². The van der Waals surface area contributed by atoms with Gasteiger partial charge in [0.05, 0.1) is 0 Å². The Labute approximate surface area is 205 Å². The summed E-state index contributed by atoms with van der Waals surface area (Å²) in [7, 11) is 4.19. The molecule has 1 N–H and O–H groups in total. The van der Waals surface area contributed by atoms with Crippen molar-refractivity contribution in [3.8, 4) is 0 Å². The Hall–Kier alpha value is -2.38. The monoisotopic (exact) mass is 488 g/mol. The third-order valence-electron chi connectivity index (χ3n) is 7.73. The van der Waals surface area contributed by atoms with Gasteiger partial charge in [-0.25, -0.2) is 0 Å². The summed E-state index contributed by atoms with van der Waals surface area (Å²) in [6.45, 7) is 1.68. The molecular formula is C28H35F3N2O2. The van der Waals surface area contributed by atoms with Crippen molar-refractivity contribution in [1.29, 1.82) is 0 Å². The minimum atomic E-state index is -4.79. The summed E-state index contributed by atoms with van der Waals surface area (Å²) < 4.78 is 39.6. The van der Waals surface area contributed by atoms with E-state index >= 15 is 0 Å². The summed E-state index contributed by atoms with van der Waals surface area (Å²) in [5.41, 5.74) is -1.48. The summed E-state index contributed by atoms with van der Waals surface area (Å²) in [4.78, 5) is 17.7. The van der Waals surface area contributed by atoms with Crippen molar-refractivity contribution in [2.45, 2.75) is 74.7 Å². The Morgan fingerprint density at radius 3 is 1.97 bits per heavy atom. The van der Waals surface area contributed by atoms with E-state index in [4.69, 9.17) is 0 Å². The van der Waals surface area contributed by atoms with Crippen molar-refractivity contribution in [2.75, 3.05) is 20.6 Å². The predicted octanol–water partition coefficient (Wildman–Crippen LogP) is 5.50. The van der Waals surface area contributed by atoms with Crippen LogP contribution in [0.3, 0.4) is 0 Å². The van der Waals surface area contributed by atoms with Crippen molar-refractivity contribution >= 4 is 5.91 Å². The molecule has 2 aliphatic carbocycles. The first-order valence-corrected chi connectivity index (χ1v) is 12.4. The highest BCUT2D eigenvalue weighted by atomic mass is 19.4. The Balaban J connectivity index is 1.52. The van der Waals surface area contributed by atoms with E-state index in [1.807, 2.05) is 11.0 Å². The van der Waals surface area contributed by atoms with Gasteiger partial charge in [0.15, 0.2) is 5.60 Å². The second-order valence-electron chi connectivity index (χ2n) is 10.7. The molecule has 0 radical (unpaired) electrons. The zero-order valence-electron chi connectivity index (χ0n) is 20.7. The third-order valence-corrected chi connectivity index (χ3v) is 7.73. The van der Waals surface area contributed by atoms with Crippen LogP contribution in [0.5, 0.6) is 0 Å². The Morgan fingerprint density at radius 1 is 0.943 bits per heavy atom. The maximum atomic E-state index is 13.5. The summed E-state index contributed by atoms with van der Waals surface area (Å²) >= 11 is 0. The minimum Gasteiger partial charge on any atom is -0.376 e. The van der Waals surface area contributed by atoms with Crippen LogP contribution in [0.1, 0.15) is 66.9 Å². The lowest BCUT2D eigenvalue weighted by atomic mass is 9.67. The molecule has 0 unspecified atom stereocenters. The van der Waals surface area contributed by atoms with E-state index in [-0.39, 0.29) is 29.0 Å². The number of likely N-dealkylation sites (N-methyl/N-ethyl adjacent to an activating group) is 1. The van der Waals surface area contributed by atoms with E-state index in [9.17, 15) is 23.1 Å². The molecule has 1 amide bonds. The predicted molar refractivity (Wildman–Crippen MR) is 130 cm³/mol. The molecule has 0 spiro atoms. The third kappa shape index (κ3) is 5.26. The molecule has 2 aliphatic rings. The van der Waals surface area contributed by atoms with Crippen molar-refractivity contribution in [2.24, 2.45) is 0 Å². The van der Waals surface area contributed by atoms with Crippen LogP contribution in [0, 0.1) is 0 Å².